The molecule has 1 amide bonds. The van der Waals surface area contributed by atoms with E-state index in [0.29, 0.717) is 11.4 Å². The number of nitrogens with zero attached hydrogens (tertiary/aromatic N) is 1. The molecule has 0 atom stereocenters. The monoisotopic (exact) mass is 248 g/mol. The highest BCUT2D eigenvalue weighted by molar-refractivity contribution is 5.93. The Morgan fingerprint density at radius 2 is 2.17 bits per heavy atom. The summed E-state index contributed by atoms with van der Waals surface area (Å²) < 4.78 is 10.4. The fourth-order valence-electron chi connectivity index (χ4n) is 1.23. The van der Waals surface area contributed by atoms with Crippen LogP contribution < -0.4 is 10.1 Å². The summed E-state index contributed by atoms with van der Waals surface area (Å²) in [7, 11) is 0. The number of carbonyl (C=O) groups excluding carboxylic acids is 1. The van der Waals surface area contributed by atoms with Gasteiger partial charge in [-0.05, 0) is 26.0 Å². The van der Waals surface area contributed by atoms with Crippen LogP contribution in [-0.4, -0.2) is 25.2 Å². The van der Waals surface area contributed by atoms with Gasteiger partial charge in [-0.15, -0.1) is 0 Å². The number of para-hydroxylation sites is 2. The number of hydrogen-bond acceptors (Lipinski definition) is 4. The largest absolute Gasteiger partial charge is 0.477 e. The van der Waals surface area contributed by atoms with E-state index >= 15 is 0 Å². The molecule has 0 aliphatic carbocycles. The van der Waals surface area contributed by atoms with Crippen molar-refractivity contribution in [3.05, 3.63) is 24.3 Å². The lowest BCUT2D eigenvalue weighted by Crippen LogP contribution is -2.21. The number of hydrogen-bond donors (Lipinski definition) is 1. The Balaban J connectivity index is 2.60. The molecule has 0 heterocycles. The van der Waals surface area contributed by atoms with Crippen molar-refractivity contribution in [3.8, 4) is 11.8 Å². The summed E-state index contributed by atoms with van der Waals surface area (Å²) in [4.78, 5) is 11.6. The molecule has 0 fully saturated rings. The average molecular weight is 248 g/mol. The van der Waals surface area contributed by atoms with Crippen LogP contribution in [0.3, 0.4) is 0 Å². The van der Waals surface area contributed by atoms with Gasteiger partial charge in [-0.1, -0.05) is 12.1 Å². The quantitative estimate of drug-likeness (QED) is 0.835. The molecular weight excluding hydrogens is 232 g/mol. The highest BCUT2D eigenvalue weighted by Gasteiger charge is 2.08. The Bertz CT molecular complexity index is 438. The standard InChI is InChI=1S/C13H16N2O3/c1-10(2)18-9-13(16)15-11-5-3-4-6-12(11)17-8-7-14/h3-6,10H,8-9H2,1-2H3,(H,15,16). The van der Waals surface area contributed by atoms with Gasteiger partial charge in [-0.25, -0.2) is 0 Å². The Hall–Kier alpha value is -2.06. The first-order valence-corrected chi connectivity index (χ1v) is 5.63. The van der Waals surface area contributed by atoms with Crippen LogP contribution in [0.15, 0.2) is 24.3 Å². The number of anilines is 1. The summed E-state index contributed by atoms with van der Waals surface area (Å²) in [5, 5.41) is 11.1. The van der Waals surface area contributed by atoms with Crippen LogP contribution in [0.2, 0.25) is 0 Å². The fourth-order valence-corrected chi connectivity index (χ4v) is 1.23. The van der Waals surface area contributed by atoms with Crippen LogP contribution in [0.4, 0.5) is 5.69 Å². The van der Waals surface area contributed by atoms with E-state index in [1.165, 1.54) is 0 Å². The van der Waals surface area contributed by atoms with E-state index in [1.54, 1.807) is 24.3 Å². The lowest BCUT2D eigenvalue weighted by Gasteiger charge is -2.11. The van der Waals surface area contributed by atoms with Crippen LogP contribution >= 0.6 is 0 Å². The molecule has 1 aromatic rings. The molecule has 0 radical (unpaired) electrons. The molecule has 96 valence electrons. The van der Waals surface area contributed by atoms with Crippen LogP contribution in [0.25, 0.3) is 0 Å². The highest BCUT2D eigenvalue weighted by atomic mass is 16.5. The van der Waals surface area contributed by atoms with Gasteiger partial charge in [-0.2, -0.15) is 5.26 Å². The fraction of sp³-hybridized carbons (Fsp3) is 0.385. The van der Waals surface area contributed by atoms with Crippen LogP contribution in [0.1, 0.15) is 13.8 Å². The van der Waals surface area contributed by atoms with Gasteiger partial charge in [0.05, 0.1) is 11.8 Å². The maximum atomic E-state index is 11.6. The summed E-state index contributed by atoms with van der Waals surface area (Å²) in [6, 6.07) is 8.82. The number of nitrogens with one attached hydrogen (secondary N) is 1. The number of benzene rings is 1. The summed E-state index contributed by atoms with van der Waals surface area (Å²) >= 11 is 0. The van der Waals surface area contributed by atoms with Crippen LogP contribution in [0, 0.1) is 11.3 Å². The lowest BCUT2D eigenvalue weighted by atomic mass is 10.3. The Morgan fingerprint density at radius 3 is 2.83 bits per heavy atom. The molecule has 0 spiro atoms. The summed E-state index contributed by atoms with van der Waals surface area (Å²) in [5.74, 6) is 0.216. The van der Waals surface area contributed by atoms with Crippen molar-refractivity contribution in [3.63, 3.8) is 0 Å². The van der Waals surface area contributed by atoms with E-state index in [2.05, 4.69) is 5.32 Å². The van der Waals surface area contributed by atoms with Gasteiger partial charge in [0.25, 0.3) is 0 Å². The van der Waals surface area contributed by atoms with Gasteiger partial charge >= 0.3 is 0 Å². The van der Waals surface area contributed by atoms with E-state index in [0.717, 1.165) is 0 Å². The SMILES string of the molecule is CC(C)OCC(=O)Nc1ccccc1OCC#N. The van der Waals surface area contributed by atoms with E-state index in [4.69, 9.17) is 14.7 Å². The van der Waals surface area contributed by atoms with E-state index in [1.807, 2.05) is 19.9 Å². The molecule has 0 saturated heterocycles. The zero-order valence-electron chi connectivity index (χ0n) is 10.5. The molecule has 0 unspecified atom stereocenters. The topological polar surface area (TPSA) is 71.3 Å². The van der Waals surface area contributed by atoms with Gasteiger partial charge in [0.2, 0.25) is 5.91 Å². The summed E-state index contributed by atoms with van der Waals surface area (Å²) in [5.41, 5.74) is 0.533. The Labute approximate surface area is 106 Å². The maximum Gasteiger partial charge on any atom is 0.250 e. The minimum Gasteiger partial charge on any atom is -0.477 e. The zero-order valence-corrected chi connectivity index (χ0v) is 10.5. The maximum absolute atomic E-state index is 11.6. The molecule has 5 nitrogen and oxygen atoms in total. The van der Waals surface area contributed by atoms with Gasteiger partial charge < -0.3 is 14.8 Å². The smallest absolute Gasteiger partial charge is 0.250 e. The van der Waals surface area contributed by atoms with E-state index in [-0.39, 0.29) is 25.2 Å². The molecule has 1 rings (SSSR count). The van der Waals surface area contributed by atoms with E-state index < -0.39 is 0 Å². The second-order valence-corrected chi connectivity index (χ2v) is 3.85. The first-order chi connectivity index (χ1) is 8.63. The predicted molar refractivity (Wildman–Crippen MR) is 67.3 cm³/mol. The second kappa shape index (κ2) is 7.30. The number of rotatable bonds is 6. The molecule has 5 heteroatoms. The van der Waals surface area contributed by atoms with Crippen LogP contribution in [0.5, 0.6) is 5.75 Å². The summed E-state index contributed by atoms with van der Waals surface area (Å²) in [6.07, 6.45) is 0.000771. The minimum absolute atomic E-state index is 0.000771. The summed E-state index contributed by atoms with van der Waals surface area (Å²) in [6.45, 7) is 3.65. The van der Waals surface area contributed by atoms with Gasteiger partial charge in [0.1, 0.15) is 18.4 Å². The molecule has 0 aromatic heterocycles. The van der Waals surface area contributed by atoms with Crippen molar-refractivity contribution in [2.45, 2.75) is 20.0 Å². The van der Waals surface area contributed by atoms with Gasteiger partial charge in [0.15, 0.2) is 6.61 Å². The number of ether oxygens (including phenoxy) is 2. The van der Waals surface area contributed by atoms with Crippen molar-refractivity contribution < 1.29 is 14.3 Å². The van der Waals surface area contributed by atoms with Crippen molar-refractivity contribution in [2.24, 2.45) is 0 Å². The minimum atomic E-state index is -0.253. The third-order valence-corrected chi connectivity index (χ3v) is 2.00. The number of nitriles is 1. The van der Waals surface area contributed by atoms with Crippen LogP contribution in [-0.2, 0) is 9.53 Å². The Kier molecular flexibility index (Phi) is 5.68. The number of carbonyl (C=O) groups is 1. The zero-order chi connectivity index (χ0) is 13.4. The molecule has 0 bridgehead atoms. The average Bonchev–Trinajstić information content (AvgIpc) is 2.35. The lowest BCUT2D eigenvalue weighted by molar-refractivity contribution is -0.121. The van der Waals surface area contributed by atoms with Gasteiger partial charge in [0, 0.05) is 0 Å². The first-order valence-electron chi connectivity index (χ1n) is 5.63. The molecule has 1 N–H and O–H groups in total. The normalized spacial score (nSPS) is 9.89. The predicted octanol–water partition coefficient (Wildman–Crippen LogP) is 1.95. The molecule has 1 aromatic carbocycles. The van der Waals surface area contributed by atoms with E-state index in [9.17, 15) is 4.79 Å². The third kappa shape index (κ3) is 4.85. The highest BCUT2D eigenvalue weighted by Crippen LogP contribution is 2.23. The Morgan fingerprint density at radius 1 is 1.44 bits per heavy atom. The molecule has 0 saturated carbocycles. The third-order valence-electron chi connectivity index (χ3n) is 2.00. The first kappa shape index (κ1) is 14.0. The van der Waals surface area contributed by atoms with Gasteiger partial charge in [-0.3, -0.25) is 4.79 Å². The second-order valence-electron chi connectivity index (χ2n) is 3.85. The molecule has 0 aliphatic heterocycles. The molecular formula is C13H16N2O3. The van der Waals surface area contributed by atoms with Crippen molar-refractivity contribution in [2.75, 3.05) is 18.5 Å². The van der Waals surface area contributed by atoms with Crippen molar-refractivity contribution in [1.82, 2.24) is 0 Å². The molecule has 18 heavy (non-hydrogen) atoms. The number of amides is 1. The molecule has 0 aliphatic rings. The van der Waals surface area contributed by atoms with Crippen molar-refractivity contribution >= 4 is 11.6 Å². The van der Waals surface area contributed by atoms with Crippen molar-refractivity contribution in [1.29, 1.82) is 5.26 Å².